The highest BCUT2D eigenvalue weighted by Gasteiger charge is 2.36. The number of nitrogens with one attached hydrogen (secondary N) is 1. The van der Waals surface area contributed by atoms with Gasteiger partial charge < -0.3 is 0 Å². The van der Waals surface area contributed by atoms with Crippen molar-refractivity contribution in [3.05, 3.63) is 240 Å². The number of rotatable bonds is 7. The van der Waals surface area contributed by atoms with Crippen molar-refractivity contribution < 1.29 is 0 Å². The van der Waals surface area contributed by atoms with E-state index < -0.39 is 0 Å². The van der Waals surface area contributed by atoms with Gasteiger partial charge in [-0.3, -0.25) is 10.4 Å². The Hall–Kier alpha value is -8.01. The van der Waals surface area contributed by atoms with Crippen molar-refractivity contribution >= 4 is 49.9 Å². The third kappa shape index (κ3) is 6.75. The minimum Gasteiger partial charge on any atom is -0.282 e. The van der Waals surface area contributed by atoms with E-state index in [2.05, 4.69) is 183 Å². The van der Waals surface area contributed by atoms with Crippen molar-refractivity contribution in [2.45, 2.75) is 19.3 Å². The van der Waals surface area contributed by atoms with Crippen LogP contribution in [-0.2, 0) is 5.41 Å². The highest BCUT2D eigenvalue weighted by molar-refractivity contribution is 6.18. The molecule has 0 radical (unpaired) electrons. The monoisotopic (exact) mass is 805 g/mol. The molecule has 10 aromatic rings. The average molecular weight is 806 g/mol. The summed E-state index contributed by atoms with van der Waals surface area (Å²) in [6.07, 6.45) is 7.83. The fraction of sp³-hybridized carbons (Fsp3) is 0.0500. The normalized spacial score (nSPS) is 13.1. The second-order valence-electron chi connectivity index (χ2n) is 16.9. The highest BCUT2D eigenvalue weighted by atomic mass is 14.8. The molecule has 1 N–H and O–H groups in total. The van der Waals surface area contributed by atoms with E-state index in [-0.39, 0.29) is 11.3 Å². The lowest BCUT2D eigenvalue weighted by Crippen LogP contribution is -2.15. The van der Waals surface area contributed by atoms with Crippen molar-refractivity contribution in [3.63, 3.8) is 0 Å². The molecule has 0 unspecified atom stereocenters. The molecule has 3 heteroatoms. The van der Waals surface area contributed by atoms with Crippen LogP contribution in [0.4, 0.5) is 0 Å². The standard InChI is InChI=1S/C60H43N3/c1-60(2)56-37-45(27-30-54(56)55-35-43-15-6-7-16-44(43)36-57(55)60)48-31-32-53(51-21-11-10-20-50(48)51)52-29-26-40(47-18-8-9-19-49(47)52)28-33-58(63-59(61)42-13-4-3-5-14-42)41-24-22-39(23-25-41)46-17-12-34-62-38-46/h3-38,61H,1-2H3/b33-28+,61-59?,63-58?. The van der Waals surface area contributed by atoms with Gasteiger partial charge in [0.1, 0.15) is 0 Å². The molecule has 0 bridgehead atoms. The van der Waals surface area contributed by atoms with Crippen LogP contribution >= 0.6 is 0 Å². The molecule has 1 aromatic heterocycles. The molecule has 0 aliphatic heterocycles. The zero-order chi connectivity index (χ0) is 42.5. The Kier molecular flexibility index (Phi) is 9.32. The molecule has 1 aliphatic carbocycles. The minimum absolute atomic E-state index is 0.114. The first kappa shape index (κ1) is 38.0. The Balaban J connectivity index is 0.971. The second-order valence-corrected chi connectivity index (χ2v) is 16.9. The van der Waals surface area contributed by atoms with Crippen molar-refractivity contribution in [1.82, 2.24) is 4.98 Å². The number of fused-ring (bicyclic) bond motifs is 6. The first-order chi connectivity index (χ1) is 30.9. The Morgan fingerprint density at radius 2 is 1.06 bits per heavy atom. The molecule has 298 valence electrons. The first-order valence-corrected chi connectivity index (χ1v) is 21.5. The molecule has 0 saturated carbocycles. The fourth-order valence-electron chi connectivity index (χ4n) is 9.59. The highest BCUT2D eigenvalue weighted by Crippen LogP contribution is 2.51. The van der Waals surface area contributed by atoms with Gasteiger partial charge in [-0.1, -0.05) is 190 Å². The van der Waals surface area contributed by atoms with Crippen LogP contribution in [0, 0.1) is 5.41 Å². The lowest BCUT2D eigenvalue weighted by atomic mass is 9.80. The molecule has 0 amide bonds. The number of aromatic nitrogens is 1. The van der Waals surface area contributed by atoms with Gasteiger partial charge >= 0.3 is 0 Å². The third-order valence-electron chi connectivity index (χ3n) is 12.9. The lowest BCUT2D eigenvalue weighted by molar-refractivity contribution is 0.661. The first-order valence-electron chi connectivity index (χ1n) is 21.5. The van der Waals surface area contributed by atoms with E-state index in [0.29, 0.717) is 5.71 Å². The molecule has 0 spiro atoms. The van der Waals surface area contributed by atoms with Crippen molar-refractivity contribution in [2.24, 2.45) is 4.99 Å². The molecule has 0 saturated heterocycles. The average Bonchev–Trinajstić information content (AvgIpc) is 3.56. The molecule has 1 aliphatic rings. The largest absolute Gasteiger partial charge is 0.282 e. The van der Waals surface area contributed by atoms with Crippen LogP contribution in [0.2, 0.25) is 0 Å². The van der Waals surface area contributed by atoms with Gasteiger partial charge in [-0.05, 0) is 124 Å². The Morgan fingerprint density at radius 1 is 0.476 bits per heavy atom. The van der Waals surface area contributed by atoms with E-state index in [1.165, 1.54) is 71.4 Å². The molecular formula is C60H43N3. The van der Waals surface area contributed by atoms with Crippen LogP contribution in [0.5, 0.6) is 0 Å². The zero-order valence-corrected chi connectivity index (χ0v) is 35.2. The van der Waals surface area contributed by atoms with Crippen molar-refractivity contribution in [1.29, 1.82) is 5.41 Å². The number of hydrogen-bond acceptors (Lipinski definition) is 2. The number of allylic oxidation sites excluding steroid dienone is 1. The minimum atomic E-state index is -0.114. The summed E-state index contributed by atoms with van der Waals surface area (Å²) in [4.78, 5) is 9.20. The Bertz CT molecular complexity index is 3470. The van der Waals surface area contributed by atoms with E-state index in [9.17, 15) is 0 Å². The molecule has 0 fully saturated rings. The molecular weight excluding hydrogens is 763 g/mol. The van der Waals surface area contributed by atoms with Gasteiger partial charge in [0, 0.05) is 28.9 Å². The predicted molar refractivity (Wildman–Crippen MR) is 266 cm³/mol. The lowest BCUT2D eigenvalue weighted by Gasteiger charge is -2.22. The summed E-state index contributed by atoms with van der Waals surface area (Å²) in [6.45, 7) is 4.73. The van der Waals surface area contributed by atoms with Gasteiger partial charge in [-0.25, -0.2) is 4.99 Å². The number of aliphatic imine (C=N–C) groups is 1. The quantitative estimate of drug-likeness (QED) is 0.127. The Morgan fingerprint density at radius 3 is 1.79 bits per heavy atom. The molecule has 3 nitrogen and oxygen atoms in total. The van der Waals surface area contributed by atoms with Gasteiger partial charge in [0.05, 0.1) is 5.71 Å². The molecule has 63 heavy (non-hydrogen) atoms. The van der Waals surface area contributed by atoms with E-state index in [0.717, 1.165) is 33.2 Å². The van der Waals surface area contributed by atoms with E-state index in [1.54, 1.807) is 6.20 Å². The van der Waals surface area contributed by atoms with Crippen LogP contribution in [0.1, 0.15) is 41.7 Å². The number of nitrogens with zero attached hydrogens (tertiary/aromatic N) is 2. The van der Waals surface area contributed by atoms with Crippen molar-refractivity contribution in [2.75, 3.05) is 0 Å². The van der Waals surface area contributed by atoms with Gasteiger partial charge in [0.25, 0.3) is 0 Å². The van der Waals surface area contributed by atoms with E-state index >= 15 is 0 Å². The summed E-state index contributed by atoms with van der Waals surface area (Å²) in [6, 6.07) is 69.2. The number of amidine groups is 1. The maximum atomic E-state index is 8.93. The van der Waals surface area contributed by atoms with Gasteiger partial charge in [-0.15, -0.1) is 0 Å². The fourth-order valence-corrected chi connectivity index (χ4v) is 9.59. The van der Waals surface area contributed by atoms with Gasteiger partial charge in [0.2, 0.25) is 0 Å². The number of pyridine rings is 1. The third-order valence-corrected chi connectivity index (χ3v) is 12.9. The molecule has 9 aromatic carbocycles. The topological polar surface area (TPSA) is 49.1 Å². The van der Waals surface area contributed by atoms with Crippen LogP contribution in [0.3, 0.4) is 0 Å². The zero-order valence-electron chi connectivity index (χ0n) is 35.2. The van der Waals surface area contributed by atoms with Gasteiger partial charge in [0.15, 0.2) is 5.84 Å². The maximum absolute atomic E-state index is 8.93. The summed E-state index contributed by atoms with van der Waals surface area (Å²) in [5.74, 6) is 0.212. The second kappa shape index (κ2) is 15.5. The summed E-state index contributed by atoms with van der Waals surface area (Å²) in [5, 5.41) is 16.3. The molecule has 11 rings (SSSR count). The van der Waals surface area contributed by atoms with E-state index in [1.807, 2.05) is 48.7 Å². The predicted octanol–water partition coefficient (Wildman–Crippen LogP) is 15.4. The summed E-state index contributed by atoms with van der Waals surface area (Å²) < 4.78 is 0. The molecule has 1 heterocycles. The summed E-state index contributed by atoms with van der Waals surface area (Å²) >= 11 is 0. The smallest absolute Gasteiger partial charge is 0.152 e. The molecule has 0 atom stereocenters. The summed E-state index contributed by atoms with van der Waals surface area (Å²) in [7, 11) is 0. The number of hydrogen-bond donors (Lipinski definition) is 1. The SMILES string of the molecule is CC1(C)c2cc(-c3ccc(-c4ccc(/C=C/C(=NC(=N)c5ccccc5)c5ccc(-c6cccnc6)cc5)c5ccccc45)c4ccccc34)ccc2-c2cc3ccccc3cc21. The van der Waals surface area contributed by atoms with Crippen LogP contribution in [0.25, 0.3) is 82.9 Å². The number of benzene rings is 9. The van der Waals surface area contributed by atoms with Crippen LogP contribution in [0.15, 0.2) is 218 Å². The summed E-state index contributed by atoms with van der Waals surface area (Å²) in [5.41, 5.74) is 15.8. The van der Waals surface area contributed by atoms with Crippen LogP contribution in [-0.4, -0.2) is 16.5 Å². The van der Waals surface area contributed by atoms with Crippen molar-refractivity contribution in [3.8, 4) is 44.5 Å². The van der Waals surface area contributed by atoms with Crippen LogP contribution < -0.4 is 0 Å². The van der Waals surface area contributed by atoms with Gasteiger partial charge in [-0.2, -0.15) is 0 Å². The Labute approximate surface area is 367 Å². The van der Waals surface area contributed by atoms with E-state index in [4.69, 9.17) is 10.4 Å². The maximum Gasteiger partial charge on any atom is 0.152 e.